The Balaban J connectivity index is 2.17. The van der Waals surface area contributed by atoms with Crippen LogP contribution >= 0.6 is 0 Å². The Kier molecular flexibility index (Phi) is 3.79. The normalized spacial score (nSPS) is 10.4. The van der Waals surface area contributed by atoms with Gasteiger partial charge in [0, 0.05) is 6.42 Å². The second-order valence-electron chi connectivity index (χ2n) is 3.99. The third-order valence-corrected chi connectivity index (χ3v) is 2.59. The third-order valence-electron chi connectivity index (χ3n) is 2.59. The lowest BCUT2D eigenvalue weighted by Crippen LogP contribution is -2.05. The molecule has 0 aliphatic carbocycles. The van der Waals surface area contributed by atoms with E-state index in [1.54, 1.807) is 19.1 Å². The maximum atomic E-state index is 11.1. The van der Waals surface area contributed by atoms with E-state index in [9.17, 15) is 4.79 Å². The number of ether oxygens (including phenoxy) is 1. The van der Waals surface area contributed by atoms with Crippen molar-refractivity contribution in [3.63, 3.8) is 0 Å². The van der Waals surface area contributed by atoms with Crippen molar-refractivity contribution in [3.8, 4) is 5.75 Å². The molecule has 1 heterocycles. The molecule has 1 aromatic heterocycles. The van der Waals surface area contributed by atoms with E-state index in [0.717, 1.165) is 5.56 Å². The zero-order chi connectivity index (χ0) is 13.8. The monoisotopic (exact) mass is 262 g/mol. The molecule has 0 bridgehead atoms. The number of carboxylic acid groups (broad SMARTS) is 1. The summed E-state index contributed by atoms with van der Waals surface area (Å²) in [6.07, 6.45) is 0.651. The summed E-state index contributed by atoms with van der Waals surface area (Å²) in [6, 6.07) is 4.95. The summed E-state index contributed by atoms with van der Waals surface area (Å²) in [5, 5.41) is 16.7. The van der Waals surface area contributed by atoms with Crippen LogP contribution in [0.4, 0.5) is 0 Å². The maximum absolute atomic E-state index is 11.1. The Bertz CT molecular complexity index is 592. The summed E-state index contributed by atoms with van der Waals surface area (Å²) in [5.74, 6) is 0.156. The van der Waals surface area contributed by atoms with E-state index in [0.29, 0.717) is 24.0 Å². The molecular formula is C13H14N2O4. The number of aryl methyl sites for hydroxylation is 2. The molecule has 1 N–H and O–H groups in total. The van der Waals surface area contributed by atoms with Crippen molar-refractivity contribution in [2.45, 2.75) is 26.9 Å². The van der Waals surface area contributed by atoms with Gasteiger partial charge in [-0.05, 0) is 18.6 Å². The van der Waals surface area contributed by atoms with Gasteiger partial charge >= 0.3 is 5.97 Å². The number of hydrogen-bond donors (Lipinski definition) is 1. The van der Waals surface area contributed by atoms with Crippen LogP contribution in [0.2, 0.25) is 0 Å². The molecule has 0 saturated carbocycles. The van der Waals surface area contributed by atoms with Crippen LogP contribution in [0, 0.1) is 6.92 Å². The van der Waals surface area contributed by atoms with Crippen LogP contribution in [0.25, 0.3) is 0 Å². The predicted molar refractivity (Wildman–Crippen MR) is 66.1 cm³/mol. The molecule has 0 atom stereocenters. The van der Waals surface area contributed by atoms with Crippen molar-refractivity contribution >= 4 is 5.97 Å². The summed E-state index contributed by atoms with van der Waals surface area (Å²) in [5.41, 5.74) is 0.866. The van der Waals surface area contributed by atoms with Gasteiger partial charge in [0.25, 0.3) is 5.89 Å². The van der Waals surface area contributed by atoms with Crippen molar-refractivity contribution in [1.82, 2.24) is 10.2 Å². The molecule has 100 valence electrons. The number of nitrogens with zero attached hydrogens (tertiary/aromatic N) is 2. The number of carbonyl (C=O) groups is 1. The second kappa shape index (κ2) is 5.51. The SMILES string of the molecule is CCc1nnc(COc2c(C)cccc2C(=O)O)o1. The molecule has 0 amide bonds. The first-order valence-corrected chi connectivity index (χ1v) is 5.88. The average molecular weight is 262 g/mol. The largest absolute Gasteiger partial charge is 0.483 e. The van der Waals surface area contributed by atoms with E-state index in [1.807, 2.05) is 6.92 Å². The van der Waals surface area contributed by atoms with Crippen molar-refractivity contribution < 1.29 is 19.1 Å². The van der Waals surface area contributed by atoms with Gasteiger partial charge in [0.2, 0.25) is 5.89 Å². The minimum atomic E-state index is -1.03. The number of rotatable bonds is 5. The fourth-order valence-corrected chi connectivity index (χ4v) is 1.64. The zero-order valence-corrected chi connectivity index (χ0v) is 10.7. The van der Waals surface area contributed by atoms with Gasteiger partial charge in [-0.15, -0.1) is 10.2 Å². The summed E-state index contributed by atoms with van der Waals surface area (Å²) < 4.78 is 10.8. The number of carboxylic acids is 1. The first kappa shape index (κ1) is 13.1. The molecule has 0 radical (unpaired) electrons. The number of aromatic carboxylic acids is 1. The predicted octanol–water partition coefficient (Wildman–Crippen LogP) is 2.22. The van der Waals surface area contributed by atoms with Crippen LogP contribution in [-0.4, -0.2) is 21.3 Å². The van der Waals surface area contributed by atoms with Crippen LogP contribution in [-0.2, 0) is 13.0 Å². The molecule has 0 unspecified atom stereocenters. The molecule has 6 nitrogen and oxygen atoms in total. The van der Waals surface area contributed by atoms with Crippen molar-refractivity contribution in [1.29, 1.82) is 0 Å². The van der Waals surface area contributed by atoms with Gasteiger partial charge in [-0.3, -0.25) is 0 Å². The van der Waals surface area contributed by atoms with Crippen LogP contribution in [0.1, 0.15) is 34.6 Å². The van der Waals surface area contributed by atoms with E-state index in [4.69, 9.17) is 14.3 Å². The summed E-state index contributed by atoms with van der Waals surface area (Å²) >= 11 is 0. The summed E-state index contributed by atoms with van der Waals surface area (Å²) in [6.45, 7) is 3.74. The Labute approximate surface area is 110 Å². The lowest BCUT2D eigenvalue weighted by Gasteiger charge is -2.09. The molecule has 0 aliphatic heterocycles. The molecule has 0 saturated heterocycles. The quantitative estimate of drug-likeness (QED) is 0.889. The Morgan fingerprint density at radius 1 is 1.37 bits per heavy atom. The van der Waals surface area contributed by atoms with Crippen molar-refractivity contribution in [3.05, 3.63) is 41.1 Å². The van der Waals surface area contributed by atoms with E-state index in [-0.39, 0.29) is 12.2 Å². The van der Waals surface area contributed by atoms with Gasteiger partial charge < -0.3 is 14.3 Å². The Morgan fingerprint density at radius 3 is 2.74 bits per heavy atom. The highest BCUT2D eigenvalue weighted by molar-refractivity contribution is 5.91. The first-order chi connectivity index (χ1) is 9.11. The second-order valence-corrected chi connectivity index (χ2v) is 3.99. The lowest BCUT2D eigenvalue weighted by molar-refractivity contribution is 0.0691. The highest BCUT2D eigenvalue weighted by Crippen LogP contribution is 2.24. The first-order valence-electron chi connectivity index (χ1n) is 5.88. The van der Waals surface area contributed by atoms with Gasteiger partial charge in [0.15, 0.2) is 6.61 Å². The highest BCUT2D eigenvalue weighted by Gasteiger charge is 2.14. The van der Waals surface area contributed by atoms with Gasteiger partial charge in [0.1, 0.15) is 11.3 Å². The maximum Gasteiger partial charge on any atom is 0.339 e. The Morgan fingerprint density at radius 2 is 2.11 bits per heavy atom. The minimum Gasteiger partial charge on any atom is -0.483 e. The smallest absolute Gasteiger partial charge is 0.339 e. The van der Waals surface area contributed by atoms with Gasteiger partial charge in [-0.2, -0.15) is 0 Å². The van der Waals surface area contributed by atoms with Crippen molar-refractivity contribution in [2.24, 2.45) is 0 Å². The van der Waals surface area contributed by atoms with Crippen LogP contribution < -0.4 is 4.74 Å². The number of para-hydroxylation sites is 1. The minimum absolute atomic E-state index is 0.0537. The molecule has 19 heavy (non-hydrogen) atoms. The van der Waals surface area contributed by atoms with Crippen LogP contribution in [0.3, 0.4) is 0 Å². The molecule has 6 heteroatoms. The fraction of sp³-hybridized carbons (Fsp3) is 0.308. The van der Waals surface area contributed by atoms with E-state index in [1.165, 1.54) is 6.07 Å². The van der Waals surface area contributed by atoms with E-state index >= 15 is 0 Å². The highest BCUT2D eigenvalue weighted by atomic mass is 16.5. The van der Waals surface area contributed by atoms with E-state index < -0.39 is 5.97 Å². The molecule has 0 spiro atoms. The fourth-order valence-electron chi connectivity index (χ4n) is 1.64. The average Bonchev–Trinajstić information content (AvgIpc) is 2.85. The zero-order valence-electron chi connectivity index (χ0n) is 10.7. The topological polar surface area (TPSA) is 85.5 Å². The molecule has 2 aromatic rings. The van der Waals surface area contributed by atoms with Gasteiger partial charge in [-0.25, -0.2) is 4.79 Å². The standard InChI is InChI=1S/C13H14N2O4/c1-3-10-14-15-11(19-10)7-18-12-8(2)5-4-6-9(12)13(16)17/h4-6H,3,7H2,1-2H3,(H,16,17). The Hall–Kier alpha value is -2.37. The van der Waals surface area contributed by atoms with Gasteiger partial charge in [-0.1, -0.05) is 19.1 Å². The number of benzene rings is 1. The third kappa shape index (κ3) is 2.90. The van der Waals surface area contributed by atoms with E-state index in [2.05, 4.69) is 10.2 Å². The summed E-state index contributed by atoms with van der Waals surface area (Å²) in [4.78, 5) is 11.1. The number of hydrogen-bond acceptors (Lipinski definition) is 5. The molecule has 1 aromatic carbocycles. The molecular weight excluding hydrogens is 248 g/mol. The number of aromatic nitrogens is 2. The lowest BCUT2D eigenvalue weighted by atomic mass is 10.1. The molecule has 0 fully saturated rings. The van der Waals surface area contributed by atoms with Gasteiger partial charge in [0.05, 0.1) is 0 Å². The van der Waals surface area contributed by atoms with Crippen LogP contribution in [0.5, 0.6) is 5.75 Å². The summed E-state index contributed by atoms with van der Waals surface area (Å²) in [7, 11) is 0. The van der Waals surface area contributed by atoms with Crippen LogP contribution in [0.15, 0.2) is 22.6 Å². The van der Waals surface area contributed by atoms with Crippen molar-refractivity contribution in [2.75, 3.05) is 0 Å². The molecule has 2 rings (SSSR count). The molecule has 0 aliphatic rings.